The van der Waals surface area contributed by atoms with Crippen LogP contribution in [0.3, 0.4) is 0 Å². The van der Waals surface area contributed by atoms with Gasteiger partial charge in [-0.25, -0.2) is 0 Å². The minimum Gasteiger partial charge on any atom is -0.391 e. The van der Waals surface area contributed by atoms with Crippen molar-refractivity contribution < 1.29 is 0 Å². The molecule has 0 saturated carbocycles. The van der Waals surface area contributed by atoms with Gasteiger partial charge < -0.3 is 16.8 Å². The number of rotatable bonds is 2. The van der Waals surface area contributed by atoms with Crippen LogP contribution in [0.1, 0.15) is 0 Å². The van der Waals surface area contributed by atoms with Crippen LogP contribution in [-0.2, 0) is 7.05 Å². The van der Waals surface area contributed by atoms with Crippen LogP contribution in [0.15, 0.2) is 35.1 Å². The molecule has 5 N–H and O–H groups in total. The van der Waals surface area contributed by atoms with Gasteiger partial charge in [-0.05, 0) is 12.1 Å². The van der Waals surface area contributed by atoms with Gasteiger partial charge in [0, 0.05) is 12.7 Å². The molecule has 0 atom stereocenters. The van der Waals surface area contributed by atoms with Gasteiger partial charge in [0.2, 0.25) is 5.95 Å². The van der Waals surface area contributed by atoms with E-state index in [9.17, 15) is 4.79 Å². The second-order valence-corrected chi connectivity index (χ2v) is 3.59. The maximum Gasteiger partial charge on any atom is 0.280 e. The Bertz CT molecular complexity index is 591. The van der Waals surface area contributed by atoms with Crippen molar-refractivity contribution in [2.45, 2.75) is 0 Å². The fraction of sp³-hybridized carbons (Fsp3) is 0.0909. The van der Waals surface area contributed by atoms with Gasteiger partial charge in [-0.2, -0.15) is 4.98 Å². The molecule has 2 rings (SSSR count). The first kappa shape index (κ1) is 11.0. The van der Waals surface area contributed by atoms with Crippen molar-refractivity contribution in [1.82, 2.24) is 9.55 Å². The van der Waals surface area contributed by atoms with Gasteiger partial charge in [-0.15, -0.1) is 0 Å². The van der Waals surface area contributed by atoms with E-state index >= 15 is 0 Å². The van der Waals surface area contributed by atoms with Crippen LogP contribution >= 0.6 is 0 Å². The third kappa shape index (κ3) is 2.05. The van der Waals surface area contributed by atoms with Gasteiger partial charge >= 0.3 is 0 Å². The first-order chi connectivity index (χ1) is 8.09. The Labute approximate surface area is 97.9 Å². The fourth-order valence-corrected chi connectivity index (χ4v) is 1.39. The van der Waals surface area contributed by atoms with E-state index in [1.54, 1.807) is 0 Å². The quantitative estimate of drug-likeness (QED) is 0.706. The van der Waals surface area contributed by atoms with Crippen LogP contribution in [0, 0.1) is 0 Å². The smallest absolute Gasteiger partial charge is 0.280 e. The third-order valence-electron chi connectivity index (χ3n) is 2.40. The summed E-state index contributed by atoms with van der Waals surface area (Å²) in [7, 11) is 1.52. The Morgan fingerprint density at radius 2 is 1.88 bits per heavy atom. The molecule has 0 spiro atoms. The molecule has 0 amide bonds. The summed E-state index contributed by atoms with van der Waals surface area (Å²) in [6.45, 7) is 0. The number of nitrogens with two attached hydrogens (primary N) is 2. The van der Waals surface area contributed by atoms with E-state index < -0.39 is 0 Å². The molecule has 0 radical (unpaired) electrons. The Balaban J connectivity index is 2.44. The second kappa shape index (κ2) is 4.17. The van der Waals surface area contributed by atoms with Crippen molar-refractivity contribution in [3.8, 4) is 0 Å². The first-order valence-electron chi connectivity index (χ1n) is 5.03. The van der Waals surface area contributed by atoms with Gasteiger partial charge in [0.15, 0.2) is 5.82 Å². The lowest BCUT2D eigenvalue weighted by Gasteiger charge is -2.10. The summed E-state index contributed by atoms with van der Waals surface area (Å²) in [5.74, 6) is 0.388. The van der Waals surface area contributed by atoms with Gasteiger partial charge in [-0.3, -0.25) is 9.36 Å². The molecule has 1 aromatic carbocycles. The number of aromatic nitrogens is 2. The van der Waals surface area contributed by atoms with E-state index in [4.69, 9.17) is 11.5 Å². The van der Waals surface area contributed by atoms with E-state index in [0.29, 0.717) is 0 Å². The number of para-hydroxylation sites is 1. The lowest BCUT2D eigenvalue weighted by Crippen LogP contribution is -2.25. The summed E-state index contributed by atoms with van der Waals surface area (Å²) in [5, 5.41) is 2.95. The van der Waals surface area contributed by atoms with E-state index in [2.05, 4.69) is 10.3 Å². The normalized spacial score (nSPS) is 10.2. The topological polar surface area (TPSA) is 99.0 Å². The number of benzene rings is 1. The van der Waals surface area contributed by atoms with E-state index in [-0.39, 0.29) is 23.0 Å². The highest BCUT2D eigenvalue weighted by molar-refractivity contribution is 5.68. The minimum atomic E-state index is -0.365. The molecule has 0 aliphatic carbocycles. The van der Waals surface area contributed by atoms with Crippen LogP contribution in [0.25, 0.3) is 0 Å². The standard InChI is InChI=1S/C11H13N5O/c1-16-10(17)8(12)9(15-11(16)13)14-7-5-3-2-4-6-7/h2-6,14H,12H2,1H3,(H2,13,15). The van der Waals surface area contributed by atoms with E-state index in [1.165, 1.54) is 11.6 Å². The molecule has 1 aromatic heterocycles. The molecule has 0 fully saturated rings. The van der Waals surface area contributed by atoms with Crippen molar-refractivity contribution in [2.24, 2.45) is 7.05 Å². The average molecular weight is 231 g/mol. The predicted octanol–water partition coefficient (Wildman–Crippen LogP) is 0.688. The Kier molecular flexibility index (Phi) is 2.70. The van der Waals surface area contributed by atoms with Crippen LogP contribution in [0.4, 0.5) is 23.1 Å². The van der Waals surface area contributed by atoms with Crippen molar-refractivity contribution in [3.63, 3.8) is 0 Å². The number of hydrogen-bond acceptors (Lipinski definition) is 5. The average Bonchev–Trinajstić information content (AvgIpc) is 2.35. The van der Waals surface area contributed by atoms with Gasteiger partial charge in [0.25, 0.3) is 5.56 Å². The van der Waals surface area contributed by atoms with Crippen LogP contribution in [0.2, 0.25) is 0 Å². The Morgan fingerprint density at radius 1 is 1.24 bits per heavy atom. The molecule has 0 bridgehead atoms. The molecule has 6 heteroatoms. The molecule has 88 valence electrons. The van der Waals surface area contributed by atoms with Crippen molar-refractivity contribution in [3.05, 3.63) is 40.7 Å². The van der Waals surface area contributed by atoms with E-state index in [1.807, 2.05) is 30.3 Å². The molecule has 17 heavy (non-hydrogen) atoms. The molecule has 0 saturated heterocycles. The maximum absolute atomic E-state index is 11.7. The minimum absolute atomic E-state index is 0.0468. The largest absolute Gasteiger partial charge is 0.391 e. The molecule has 2 aromatic rings. The summed E-state index contributed by atoms with van der Waals surface area (Å²) in [6, 6.07) is 9.30. The zero-order valence-corrected chi connectivity index (χ0v) is 9.34. The SMILES string of the molecule is Cn1c(N)nc(Nc2ccccc2)c(N)c1=O. The van der Waals surface area contributed by atoms with Crippen LogP contribution in [-0.4, -0.2) is 9.55 Å². The number of hydrogen-bond donors (Lipinski definition) is 3. The maximum atomic E-state index is 11.7. The highest BCUT2D eigenvalue weighted by atomic mass is 16.1. The third-order valence-corrected chi connectivity index (χ3v) is 2.40. The second-order valence-electron chi connectivity index (χ2n) is 3.59. The summed E-state index contributed by atoms with van der Waals surface area (Å²) in [5.41, 5.74) is 11.8. The number of nitrogen functional groups attached to an aromatic ring is 2. The molecule has 1 heterocycles. The van der Waals surface area contributed by atoms with Gasteiger partial charge in [0.05, 0.1) is 0 Å². The molecular weight excluding hydrogens is 218 g/mol. The number of nitrogens with zero attached hydrogens (tertiary/aromatic N) is 2. The summed E-state index contributed by atoms with van der Waals surface area (Å²) < 4.78 is 1.20. The Hall–Kier alpha value is -2.50. The number of anilines is 4. The highest BCUT2D eigenvalue weighted by Gasteiger charge is 2.09. The van der Waals surface area contributed by atoms with Crippen LogP contribution < -0.4 is 22.3 Å². The first-order valence-corrected chi connectivity index (χ1v) is 5.03. The number of nitrogens with one attached hydrogen (secondary N) is 1. The Morgan fingerprint density at radius 3 is 2.53 bits per heavy atom. The van der Waals surface area contributed by atoms with Gasteiger partial charge in [-0.1, -0.05) is 18.2 Å². The molecule has 0 unspecified atom stereocenters. The molecule has 0 aliphatic heterocycles. The van der Waals surface area contributed by atoms with Crippen molar-refractivity contribution in [2.75, 3.05) is 16.8 Å². The molecule has 6 nitrogen and oxygen atoms in total. The van der Waals surface area contributed by atoms with Crippen LogP contribution in [0.5, 0.6) is 0 Å². The zero-order valence-electron chi connectivity index (χ0n) is 9.34. The van der Waals surface area contributed by atoms with E-state index in [0.717, 1.165) is 5.69 Å². The summed E-state index contributed by atoms with van der Waals surface area (Å²) in [4.78, 5) is 15.7. The van der Waals surface area contributed by atoms with Crippen molar-refractivity contribution in [1.29, 1.82) is 0 Å². The summed E-state index contributed by atoms with van der Waals surface area (Å²) >= 11 is 0. The summed E-state index contributed by atoms with van der Waals surface area (Å²) in [6.07, 6.45) is 0. The van der Waals surface area contributed by atoms with Crippen molar-refractivity contribution >= 4 is 23.1 Å². The predicted molar refractivity (Wildman–Crippen MR) is 68.0 cm³/mol. The molecule has 0 aliphatic rings. The lowest BCUT2D eigenvalue weighted by molar-refractivity contribution is 0.849. The molecular formula is C11H13N5O. The van der Waals surface area contributed by atoms with Gasteiger partial charge in [0.1, 0.15) is 5.69 Å². The monoisotopic (exact) mass is 231 g/mol. The lowest BCUT2D eigenvalue weighted by atomic mass is 10.3. The zero-order chi connectivity index (χ0) is 12.4. The highest BCUT2D eigenvalue weighted by Crippen LogP contribution is 2.18. The fourth-order valence-electron chi connectivity index (χ4n) is 1.39.